The Hall–Kier alpha value is -4.05. The van der Waals surface area contributed by atoms with E-state index in [1.54, 1.807) is 0 Å². The fourth-order valence-electron chi connectivity index (χ4n) is 5.57. The van der Waals surface area contributed by atoms with Crippen LogP contribution in [-0.2, 0) is 6.54 Å². The third-order valence-corrected chi connectivity index (χ3v) is 8.31. The minimum Gasteiger partial charge on any atom is -0.507 e. The second-order valence-electron chi connectivity index (χ2n) is 11.3. The first kappa shape index (κ1) is 28.5. The Kier molecular flexibility index (Phi) is 9.08. The Labute approximate surface area is 244 Å². The summed E-state index contributed by atoms with van der Waals surface area (Å²) in [4.78, 5) is 12.6. The summed E-state index contributed by atoms with van der Waals surface area (Å²) in [5.74, 6) is 0.973. The lowest BCUT2D eigenvalue weighted by Crippen LogP contribution is -2.26. The van der Waals surface area contributed by atoms with Gasteiger partial charge in [-0.2, -0.15) is 0 Å². The molecule has 0 saturated heterocycles. The number of carbonyl (C=O) groups excluding carboxylic acids is 1. The van der Waals surface area contributed by atoms with Gasteiger partial charge in [0.25, 0.3) is 5.91 Å². The molecule has 2 aliphatic carbocycles. The van der Waals surface area contributed by atoms with E-state index in [2.05, 4.69) is 67.0 Å². The zero-order chi connectivity index (χ0) is 28.8. The van der Waals surface area contributed by atoms with Gasteiger partial charge in [0.15, 0.2) is 0 Å². The molecule has 0 heterocycles. The van der Waals surface area contributed by atoms with E-state index in [1.807, 2.05) is 49.4 Å². The van der Waals surface area contributed by atoms with Crippen LogP contribution in [-0.4, -0.2) is 17.1 Å². The quantitative estimate of drug-likeness (QED) is 0.262. The van der Waals surface area contributed by atoms with E-state index in [-0.39, 0.29) is 5.91 Å². The maximum absolute atomic E-state index is 12.6. The highest BCUT2D eigenvalue weighted by atomic mass is 16.3. The van der Waals surface area contributed by atoms with E-state index in [4.69, 9.17) is 0 Å². The van der Waals surface area contributed by atoms with Gasteiger partial charge < -0.3 is 15.7 Å². The maximum atomic E-state index is 12.6. The smallest absolute Gasteiger partial charge is 0.251 e. The molecule has 1 amide bonds. The molecule has 0 spiro atoms. The normalized spacial score (nSPS) is 18.9. The molecule has 0 aromatic heterocycles. The minimum atomic E-state index is 0.0256. The van der Waals surface area contributed by atoms with Crippen LogP contribution in [0.3, 0.4) is 0 Å². The van der Waals surface area contributed by atoms with Crippen LogP contribution in [0, 0.1) is 5.92 Å². The molecular formula is C37H42N2O2. The Balaban J connectivity index is 1.35. The summed E-state index contributed by atoms with van der Waals surface area (Å²) in [7, 11) is 0. The molecule has 41 heavy (non-hydrogen) atoms. The third-order valence-electron chi connectivity index (χ3n) is 8.31. The van der Waals surface area contributed by atoms with Gasteiger partial charge in [-0.25, -0.2) is 0 Å². The second kappa shape index (κ2) is 13.1. The van der Waals surface area contributed by atoms with Crippen LogP contribution in [0.15, 0.2) is 78.4 Å². The lowest BCUT2D eigenvalue weighted by molar-refractivity contribution is 0.0949. The first-order valence-corrected chi connectivity index (χ1v) is 15.1. The summed E-state index contributed by atoms with van der Waals surface area (Å²) in [5.41, 5.74) is 7.74. The number of phenols is 1. The molecular weight excluding hydrogens is 504 g/mol. The number of hydrogen-bond acceptors (Lipinski definition) is 3. The van der Waals surface area contributed by atoms with Crippen molar-refractivity contribution in [2.45, 2.75) is 71.9 Å². The van der Waals surface area contributed by atoms with Crippen molar-refractivity contribution in [1.29, 1.82) is 0 Å². The van der Waals surface area contributed by atoms with Crippen LogP contribution < -0.4 is 21.1 Å². The van der Waals surface area contributed by atoms with Gasteiger partial charge in [-0.1, -0.05) is 74.9 Å². The van der Waals surface area contributed by atoms with Gasteiger partial charge in [-0.3, -0.25) is 4.79 Å². The van der Waals surface area contributed by atoms with Crippen molar-refractivity contribution >= 4 is 23.8 Å². The molecule has 0 bridgehead atoms. The van der Waals surface area contributed by atoms with Gasteiger partial charge in [0.1, 0.15) is 5.75 Å². The van der Waals surface area contributed by atoms with Crippen molar-refractivity contribution in [2.24, 2.45) is 5.92 Å². The zero-order valence-corrected chi connectivity index (χ0v) is 24.5. The molecule has 3 N–H and O–H groups in total. The van der Waals surface area contributed by atoms with E-state index in [9.17, 15) is 9.90 Å². The standard InChI is InChI=1S/C37H42N2O2/c1-4-7-11-30-21-32(23-35(40)33(30)10-5-2)29-14-9-15-31(20-29)36(27-12-8-13-27)38-24-25-16-18-28(19-17-25)37(41)39-34-22-26(34)6-3/h4,7,9-11,14-21,23,26,34,38,40H,5-6,8,12-13,22,24H2,1-3H3,(H,39,41)/b7-4-,30-11-,33-10-. The summed E-state index contributed by atoms with van der Waals surface area (Å²) < 4.78 is 0. The number of benzene rings is 3. The first-order chi connectivity index (χ1) is 20.0. The molecule has 212 valence electrons. The van der Waals surface area contributed by atoms with E-state index in [0.29, 0.717) is 24.3 Å². The maximum Gasteiger partial charge on any atom is 0.251 e. The molecule has 0 radical (unpaired) electrons. The molecule has 2 aliphatic rings. The largest absolute Gasteiger partial charge is 0.507 e. The van der Waals surface area contributed by atoms with E-state index < -0.39 is 0 Å². The lowest BCUT2D eigenvalue weighted by Gasteiger charge is -2.24. The molecule has 4 nitrogen and oxygen atoms in total. The Morgan fingerprint density at radius 1 is 1.00 bits per heavy atom. The Bertz CT molecular complexity index is 1570. The van der Waals surface area contributed by atoms with Crippen LogP contribution in [0.2, 0.25) is 0 Å². The van der Waals surface area contributed by atoms with Crippen LogP contribution in [0.1, 0.15) is 80.8 Å². The van der Waals surface area contributed by atoms with Crippen LogP contribution >= 0.6 is 0 Å². The Morgan fingerprint density at radius 3 is 2.46 bits per heavy atom. The van der Waals surface area contributed by atoms with E-state index in [0.717, 1.165) is 70.4 Å². The third kappa shape index (κ3) is 6.82. The molecule has 2 atom stereocenters. The molecule has 2 fully saturated rings. The van der Waals surface area contributed by atoms with Crippen molar-refractivity contribution in [2.75, 3.05) is 0 Å². The summed E-state index contributed by atoms with van der Waals surface area (Å²) in [6.07, 6.45) is 14.7. The summed E-state index contributed by atoms with van der Waals surface area (Å²) in [6, 6.07) is 20.9. The molecule has 3 aromatic rings. The molecule has 4 heteroatoms. The van der Waals surface area contributed by atoms with Gasteiger partial charge in [-0.15, -0.1) is 0 Å². The molecule has 0 aliphatic heterocycles. The number of nitrogens with one attached hydrogen (secondary N) is 2. The summed E-state index contributed by atoms with van der Waals surface area (Å²) >= 11 is 0. The predicted molar refractivity (Wildman–Crippen MR) is 171 cm³/mol. The number of aromatic hydroxyl groups is 1. The van der Waals surface area contributed by atoms with Gasteiger partial charge >= 0.3 is 0 Å². The van der Waals surface area contributed by atoms with Gasteiger partial charge in [0.2, 0.25) is 0 Å². The highest BCUT2D eigenvalue weighted by molar-refractivity contribution is 5.94. The zero-order valence-electron chi connectivity index (χ0n) is 24.5. The fourth-order valence-corrected chi connectivity index (χ4v) is 5.57. The molecule has 3 aromatic carbocycles. The Morgan fingerprint density at radius 2 is 1.80 bits per heavy atom. The predicted octanol–water partition coefficient (Wildman–Crippen LogP) is 6.82. The van der Waals surface area contributed by atoms with Gasteiger partial charge in [-0.05, 0) is 108 Å². The van der Waals surface area contributed by atoms with E-state index in [1.165, 1.54) is 17.7 Å². The van der Waals surface area contributed by atoms with Crippen LogP contribution in [0.25, 0.3) is 29.0 Å². The molecule has 2 unspecified atom stereocenters. The highest BCUT2D eigenvalue weighted by Crippen LogP contribution is 2.34. The monoisotopic (exact) mass is 546 g/mol. The van der Waals surface area contributed by atoms with E-state index >= 15 is 0 Å². The SMILES string of the molecule is C\C=C/C=c1/cc(-c2cccc(C(NCc3ccc(C(=O)NC4CC4CC)cc3)=C3CCC3)c2)cc(O)/c1=C\CC. The van der Waals surface area contributed by atoms with Crippen molar-refractivity contribution in [3.8, 4) is 16.9 Å². The highest BCUT2D eigenvalue weighted by Gasteiger charge is 2.36. The van der Waals surface area contributed by atoms with Crippen molar-refractivity contribution in [1.82, 2.24) is 10.6 Å². The topological polar surface area (TPSA) is 61.4 Å². The number of phenolic OH excluding ortho intramolecular Hbond substituents is 1. The minimum absolute atomic E-state index is 0.0256. The first-order valence-electron chi connectivity index (χ1n) is 15.1. The van der Waals surface area contributed by atoms with Crippen molar-refractivity contribution in [3.05, 3.63) is 106 Å². The van der Waals surface area contributed by atoms with Crippen molar-refractivity contribution < 1.29 is 9.90 Å². The second-order valence-corrected chi connectivity index (χ2v) is 11.3. The van der Waals surface area contributed by atoms with Crippen LogP contribution in [0.5, 0.6) is 5.75 Å². The van der Waals surface area contributed by atoms with Gasteiger partial charge in [0.05, 0.1) is 0 Å². The number of rotatable bonds is 10. The molecule has 2 saturated carbocycles. The van der Waals surface area contributed by atoms with Crippen LogP contribution in [0.4, 0.5) is 0 Å². The average molecular weight is 547 g/mol. The lowest BCUT2D eigenvalue weighted by atomic mass is 9.87. The number of amides is 1. The number of allylic oxidation sites excluding steroid dienone is 3. The number of hydrogen-bond donors (Lipinski definition) is 3. The average Bonchev–Trinajstić information content (AvgIpc) is 3.72. The summed E-state index contributed by atoms with van der Waals surface area (Å²) in [5, 5.41) is 19.7. The fraction of sp³-hybridized carbons (Fsp3) is 0.324. The van der Waals surface area contributed by atoms with Crippen molar-refractivity contribution in [3.63, 3.8) is 0 Å². The molecule has 5 rings (SSSR count). The summed E-state index contributed by atoms with van der Waals surface area (Å²) in [6.45, 7) is 6.95. The number of carbonyl (C=O) groups is 1. The van der Waals surface area contributed by atoms with Gasteiger partial charge in [0, 0.05) is 29.1 Å².